The lowest BCUT2D eigenvalue weighted by atomic mass is 10.1. The van der Waals surface area contributed by atoms with Crippen LogP contribution in [0.25, 0.3) is 33.5 Å². The van der Waals surface area contributed by atoms with Crippen molar-refractivity contribution in [2.75, 3.05) is 21.3 Å². The number of rotatable bonds is 6. The summed E-state index contributed by atoms with van der Waals surface area (Å²) >= 11 is 0. The molecule has 41 heavy (non-hydrogen) atoms. The van der Waals surface area contributed by atoms with Gasteiger partial charge in [-0.15, -0.1) is 0 Å². The lowest BCUT2D eigenvalue weighted by Gasteiger charge is -2.02. The number of ether oxygens (including phenoxy) is 3. The molecule has 0 fully saturated rings. The van der Waals surface area contributed by atoms with Crippen LogP contribution in [0.4, 0.5) is 0 Å². The van der Waals surface area contributed by atoms with E-state index in [2.05, 4.69) is 10.2 Å². The number of esters is 1. The van der Waals surface area contributed by atoms with Crippen LogP contribution in [0, 0.1) is 0 Å². The van der Waals surface area contributed by atoms with Gasteiger partial charge in [-0.3, -0.25) is 0 Å². The molecule has 6 rings (SSSR count). The lowest BCUT2D eigenvalue weighted by molar-refractivity contribution is 0.0602. The summed E-state index contributed by atoms with van der Waals surface area (Å²) in [6.45, 7) is 0. The Morgan fingerprint density at radius 1 is 0.610 bits per heavy atom. The fourth-order valence-corrected chi connectivity index (χ4v) is 4.51. The number of nitrogens with zero attached hydrogens (tertiary/aromatic N) is 4. The molecule has 4 aromatic heterocycles. The monoisotopic (exact) mass is 550 g/mol. The van der Waals surface area contributed by atoms with Crippen molar-refractivity contribution in [3.8, 4) is 34.3 Å². The van der Waals surface area contributed by atoms with Gasteiger partial charge in [-0.2, -0.15) is 19.2 Å². The molecule has 0 aliphatic heterocycles. The third-order valence-electron chi connectivity index (χ3n) is 6.36. The minimum absolute atomic E-state index is 0.176. The van der Waals surface area contributed by atoms with E-state index in [1.807, 2.05) is 72.8 Å². The molecule has 0 saturated heterocycles. The number of carbonyl (C=O) groups excluding carboxylic acids is 1. The number of fused-ring (bicyclic) bond motifs is 2. The fourth-order valence-electron chi connectivity index (χ4n) is 4.51. The molecule has 0 aliphatic rings. The third-order valence-corrected chi connectivity index (χ3v) is 6.36. The number of aromatic carboxylic acids is 1. The summed E-state index contributed by atoms with van der Waals surface area (Å²) in [6.07, 6.45) is 0. The van der Waals surface area contributed by atoms with E-state index in [1.165, 1.54) is 18.7 Å². The van der Waals surface area contributed by atoms with Gasteiger partial charge in [-0.25, -0.2) is 9.59 Å². The van der Waals surface area contributed by atoms with E-state index in [0.29, 0.717) is 39.7 Å². The molecule has 0 unspecified atom stereocenters. The first-order valence-electron chi connectivity index (χ1n) is 12.5. The Morgan fingerprint density at radius 3 is 1.46 bits per heavy atom. The van der Waals surface area contributed by atoms with Crippen molar-refractivity contribution in [2.45, 2.75) is 0 Å². The van der Waals surface area contributed by atoms with Gasteiger partial charge in [0.2, 0.25) is 11.8 Å². The molecular weight excluding hydrogens is 524 g/mol. The summed E-state index contributed by atoms with van der Waals surface area (Å²) in [5, 5.41) is 18.4. The van der Waals surface area contributed by atoms with Crippen LogP contribution in [0.15, 0.2) is 97.1 Å². The van der Waals surface area contributed by atoms with Gasteiger partial charge in [0.25, 0.3) is 0 Å². The molecule has 1 N–H and O–H groups in total. The van der Waals surface area contributed by atoms with Crippen molar-refractivity contribution in [1.29, 1.82) is 0 Å². The molecule has 0 atom stereocenters. The van der Waals surface area contributed by atoms with Crippen LogP contribution in [-0.2, 0) is 4.74 Å². The SMILES string of the molecule is COC(=O)c1c(-c2ccccc2)nn2c(OC)cccc12.COc1cccc2c(C(=O)O)c(-c3ccccc3)nn12. The van der Waals surface area contributed by atoms with E-state index in [0.717, 1.165) is 11.1 Å². The van der Waals surface area contributed by atoms with Crippen LogP contribution >= 0.6 is 0 Å². The summed E-state index contributed by atoms with van der Waals surface area (Å²) in [5.41, 5.74) is 4.39. The number of carboxylic acid groups (broad SMARTS) is 1. The standard InChI is InChI=1S/C16H14N2O3.C15H12N2O3/c1-20-13-10-6-9-12-14(16(19)21-2)15(17-18(12)13)11-7-4-3-5-8-11;1-20-12-9-5-8-11-13(15(18)19)14(16-17(11)12)10-6-3-2-4-7-10/h3-10H,1-2H3;2-9H,1H3,(H,18,19). The highest BCUT2D eigenvalue weighted by Gasteiger charge is 2.23. The summed E-state index contributed by atoms with van der Waals surface area (Å²) < 4.78 is 18.5. The normalized spacial score (nSPS) is 10.6. The van der Waals surface area contributed by atoms with Gasteiger partial charge in [0.05, 0.1) is 32.4 Å². The predicted molar refractivity (Wildman–Crippen MR) is 153 cm³/mol. The Kier molecular flexibility index (Phi) is 7.64. The summed E-state index contributed by atoms with van der Waals surface area (Å²) in [7, 11) is 4.45. The zero-order chi connectivity index (χ0) is 28.9. The number of carbonyl (C=O) groups is 2. The molecule has 0 saturated carbocycles. The molecule has 0 aliphatic carbocycles. The zero-order valence-electron chi connectivity index (χ0n) is 22.5. The smallest absolute Gasteiger partial charge is 0.342 e. The van der Waals surface area contributed by atoms with Crippen molar-refractivity contribution in [1.82, 2.24) is 19.2 Å². The molecule has 6 aromatic rings. The molecule has 0 radical (unpaired) electrons. The Labute approximate surface area is 235 Å². The van der Waals surface area contributed by atoms with E-state index in [-0.39, 0.29) is 5.56 Å². The molecule has 4 heterocycles. The highest BCUT2D eigenvalue weighted by molar-refractivity contribution is 6.03. The Hall–Kier alpha value is -5.64. The Balaban J connectivity index is 0.000000165. The van der Waals surface area contributed by atoms with Crippen molar-refractivity contribution >= 4 is 23.0 Å². The maximum Gasteiger partial charge on any atom is 0.342 e. The van der Waals surface area contributed by atoms with Crippen LogP contribution in [0.5, 0.6) is 11.8 Å². The number of aromatic nitrogens is 4. The summed E-state index contributed by atoms with van der Waals surface area (Å²) in [5.74, 6) is -0.378. The van der Waals surface area contributed by atoms with Gasteiger partial charge in [0.1, 0.15) is 22.5 Å². The van der Waals surface area contributed by atoms with Crippen molar-refractivity contribution < 1.29 is 28.9 Å². The van der Waals surface area contributed by atoms with Gasteiger partial charge in [-0.1, -0.05) is 72.8 Å². The molecule has 10 nitrogen and oxygen atoms in total. The van der Waals surface area contributed by atoms with E-state index < -0.39 is 11.9 Å². The molecule has 0 amide bonds. The highest BCUT2D eigenvalue weighted by atomic mass is 16.5. The first-order chi connectivity index (χ1) is 20.0. The van der Waals surface area contributed by atoms with Crippen LogP contribution < -0.4 is 9.47 Å². The minimum Gasteiger partial charge on any atom is -0.481 e. The van der Waals surface area contributed by atoms with Crippen LogP contribution in [0.1, 0.15) is 20.7 Å². The Morgan fingerprint density at radius 2 is 1.05 bits per heavy atom. The average Bonchev–Trinajstić information content (AvgIpc) is 3.61. The fraction of sp³-hybridized carbons (Fsp3) is 0.0968. The largest absolute Gasteiger partial charge is 0.481 e. The first kappa shape index (κ1) is 26.9. The molecule has 10 heteroatoms. The van der Waals surface area contributed by atoms with E-state index >= 15 is 0 Å². The van der Waals surface area contributed by atoms with Gasteiger partial charge >= 0.3 is 11.9 Å². The third kappa shape index (κ3) is 5.06. The van der Waals surface area contributed by atoms with Crippen LogP contribution in [-0.4, -0.2) is 57.6 Å². The maximum absolute atomic E-state index is 12.2. The van der Waals surface area contributed by atoms with Gasteiger partial charge in [0.15, 0.2) is 0 Å². The number of pyridine rings is 2. The molecule has 0 spiro atoms. The second kappa shape index (κ2) is 11.6. The molecule has 0 bridgehead atoms. The molecule has 2 aromatic carbocycles. The highest BCUT2D eigenvalue weighted by Crippen LogP contribution is 2.30. The van der Waals surface area contributed by atoms with Crippen LogP contribution in [0.3, 0.4) is 0 Å². The zero-order valence-corrected chi connectivity index (χ0v) is 22.5. The first-order valence-corrected chi connectivity index (χ1v) is 12.5. The Bertz CT molecular complexity index is 1850. The van der Waals surface area contributed by atoms with E-state index in [9.17, 15) is 14.7 Å². The molecule has 206 valence electrons. The number of hydrogen-bond donors (Lipinski definition) is 1. The average molecular weight is 551 g/mol. The minimum atomic E-state index is -1.01. The second-order valence-corrected chi connectivity index (χ2v) is 8.71. The van der Waals surface area contributed by atoms with E-state index in [1.54, 1.807) is 35.9 Å². The number of hydrogen-bond acceptors (Lipinski definition) is 7. The second-order valence-electron chi connectivity index (χ2n) is 8.71. The van der Waals surface area contributed by atoms with Crippen molar-refractivity contribution in [2.24, 2.45) is 0 Å². The van der Waals surface area contributed by atoms with Gasteiger partial charge in [0, 0.05) is 23.3 Å². The number of carboxylic acids is 1. The van der Waals surface area contributed by atoms with Crippen molar-refractivity contribution in [3.05, 3.63) is 108 Å². The van der Waals surface area contributed by atoms with Crippen molar-refractivity contribution in [3.63, 3.8) is 0 Å². The topological polar surface area (TPSA) is 117 Å². The predicted octanol–water partition coefficient (Wildman–Crippen LogP) is 5.50. The molecular formula is C31H26N4O6. The number of methoxy groups -OCH3 is 3. The van der Waals surface area contributed by atoms with E-state index in [4.69, 9.17) is 14.2 Å². The van der Waals surface area contributed by atoms with Gasteiger partial charge in [-0.05, 0) is 12.1 Å². The number of benzene rings is 2. The van der Waals surface area contributed by atoms with Crippen LogP contribution in [0.2, 0.25) is 0 Å². The summed E-state index contributed by atoms with van der Waals surface area (Å²) in [6, 6.07) is 29.4. The lowest BCUT2D eigenvalue weighted by Crippen LogP contribution is -2.02. The van der Waals surface area contributed by atoms with Gasteiger partial charge < -0.3 is 19.3 Å². The maximum atomic E-state index is 12.2. The quantitative estimate of drug-likeness (QED) is 0.270. The summed E-state index contributed by atoms with van der Waals surface area (Å²) in [4.78, 5) is 23.7.